The smallest absolute Gasteiger partial charge is 0.159 e. The molecular weight excluding hydrogens is 345 g/mol. The fraction of sp³-hybridized carbons (Fsp3) is 0.0588. The number of rotatable bonds is 5. The standard InChI is InChI=1S/C17H15Cl2N5/c18-12-5-7-13(8-6-12)24-17-15(20)16(22-10-23-17)21-9-11-3-1-2-4-14(11)19/h1-8,10H,9,20H2,(H2,21,22,23,24). The van der Waals surface area contributed by atoms with Crippen LogP contribution in [0.15, 0.2) is 54.9 Å². The Bertz CT molecular complexity index is 837. The van der Waals surface area contributed by atoms with E-state index < -0.39 is 0 Å². The Balaban J connectivity index is 1.75. The number of nitrogen functional groups attached to an aromatic ring is 1. The zero-order chi connectivity index (χ0) is 16.9. The van der Waals surface area contributed by atoms with Crippen molar-refractivity contribution in [2.75, 3.05) is 16.4 Å². The van der Waals surface area contributed by atoms with E-state index >= 15 is 0 Å². The predicted octanol–water partition coefficient (Wildman–Crippen LogP) is 4.72. The quantitative estimate of drug-likeness (QED) is 0.614. The summed E-state index contributed by atoms with van der Waals surface area (Å²) in [5, 5.41) is 7.69. The number of benzene rings is 2. The van der Waals surface area contributed by atoms with E-state index in [1.807, 2.05) is 36.4 Å². The van der Waals surface area contributed by atoms with Crippen LogP contribution < -0.4 is 16.4 Å². The van der Waals surface area contributed by atoms with Crippen LogP contribution in [0.4, 0.5) is 23.0 Å². The third-order valence-electron chi connectivity index (χ3n) is 3.39. The summed E-state index contributed by atoms with van der Waals surface area (Å²) in [5.74, 6) is 1.07. The summed E-state index contributed by atoms with van der Waals surface area (Å²) in [6, 6.07) is 14.9. The molecular formula is C17H15Cl2N5. The molecule has 3 rings (SSSR count). The number of anilines is 4. The Morgan fingerprint density at radius 2 is 1.62 bits per heavy atom. The van der Waals surface area contributed by atoms with Crippen molar-refractivity contribution in [1.82, 2.24) is 9.97 Å². The van der Waals surface area contributed by atoms with Crippen molar-refractivity contribution in [3.8, 4) is 0 Å². The third kappa shape index (κ3) is 3.88. The Morgan fingerprint density at radius 3 is 2.38 bits per heavy atom. The second-order valence-electron chi connectivity index (χ2n) is 5.06. The Morgan fingerprint density at radius 1 is 0.917 bits per heavy atom. The summed E-state index contributed by atoms with van der Waals surface area (Å²) < 4.78 is 0. The minimum atomic E-state index is 0.430. The third-order valence-corrected chi connectivity index (χ3v) is 4.02. The Labute approximate surface area is 149 Å². The van der Waals surface area contributed by atoms with E-state index in [1.165, 1.54) is 6.33 Å². The molecule has 0 spiro atoms. The molecule has 0 atom stereocenters. The van der Waals surface area contributed by atoms with Gasteiger partial charge in [0.05, 0.1) is 0 Å². The van der Waals surface area contributed by atoms with Crippen LogP contribution in [0.25, 0.3) is 0 Å². The highest BCUT2D eigenvalue weighted by Crippen LogP contribution is 2.27. The van der Waals surface area contributed by atoms with Gasteiger partial charge in [-0.1, -0.05) is 41.4 Å². The monoisotopic (exact) mass is 359 g/mol. The second-order valence-corrected chi connectivity index (χ2v) is 5.91. The average Bonchev–Trinajstić information content (AvgIpc) is 2.59. The van der Waals surface area contributed by atoms with E-state index in [0.717, 1.165) is 11.3 Å². The van der Waals surface area contributed by atoms with Gasteiger partial charge in [0.25, 0.3) is 0 Å². The van der Waals surface area contributed by atoms with E-state index in [1.54, 1.807) is 12.1 Å². The van der Waals surface area contributed by atoms with Gasteiger partial charge >= 0.3 is 0 Å². The Kier molecular flexibility index (Phi) is 5.03. The molecule has 0 fully saturated rings. The van der Waals surface area contributed by atoms with Gasteiger partial charge in [0.15, 0.2) is 11.6 Å². The highest BCUT2D eigenvalue weighted by Gasteiger charge is 2.09. The number of hydrogen-bond donors (Lipinski definition) is 3. The summed E-state index contributed by atoms with van der Waals surface area (Å²) in [4.78, 5) is 8.37. The molecule has 122 valence electrons. The van der Waals surface area contributed by atoms with Crippen molar-refractivity contribution in [3.63, 3.8) is 0 Å². The molecule has 0 aliphatic heterocycles. The van der Waals surface area contributed by atoms with Crippen LogP contribution >= 0.6 is 23.2 Å². The van der Waals surface area contributed by atoms with Crippen molar-refractivity contribution in [2.24, 2.45) is 0 Å². The molecule has 0 saturated heterocycles. The Hall–Kier alpha value is -2.50. The van der Waals surface area contributed by atoms with Gasteiger partial charge in [0, 0.05) is 22.3 Å². The summed E-state index contributed by atoms with van der Waals surface area (Å²) in [6.45, 7) is 0.515. The molecule has 0 bridgehead atoms. The minimum absolute atomic E-state index is 0.430. The number of halogens is 2. The summed E-state index contributed by atoms with van der Waals surface area (Å²) in [6.07, 6.45) is 1.45. The normalized spacial score (nSPS) is 10.4. The zero-order valence-corrected chi connectivity index (χ0v) is 14.1. The molecule has 1 aromatic heterocycles. The first-order chi connectivity index (χ1) is 11.6. The van der Waals surface area contributed by atoms with Gasteiger partial charge in [-0.05, 0) is 35.9 Å². The number of nitrogens with two attached hydrogens (primary N) is 1. The van der Waals surface area contributed by atoms with Crippen LogP contribution in [-0.2, 0) is 6.54 Å². The maximum Gasteiger partial charge on any atom is 0.159 e. The van der Waals surface area contributed by atoms with E-state index in [0.29, 0.717) is 33.9 Å². The molecule has 0 radical (unpaired) electrons. The highest BCUT2D eigenvalue weighted by atomic mass is 35.5. The van der Waals surface area contributed by atoms with E-state index in [4.69, 9.17) is 28.9 Å². The molecule has 0 saturated carbocycles. The van der Waals surface area contributed by atoms with Crippen LogP contribution in [0.2, 0.25) is 10.0 Å². The van der Waals surface area contributed by atoms with Gasteiger partial charge in [-0.2, -0.15) is 0 Å². The highest BCUT2D eigenvalue weighted by molar-refractivity contribution is 6.31. The van der Waals surface area contributed by atoms with Crippen molar-refractivity contribution in [3.05, 3.63) is 70.5 Å². The van der Waals surface area contributed by atoms with Crippen LogP contribution in [-0.4, -0.2) is 9.97 Å². The lowest BCUT2D eigenvalue weighted by Gasteiger charge is -2.13. The van der Waals surface area contributed by atoms with Crippen LogP contribution in [0.3, 0.4) is 0 Å². The fourth-order valence-electron chi connectivity index (χ4n) is 2.13. The maximum absolute atomic E-state index is 6.15. The lowest BCUT2D eigenvalue weighted by atomic mass is 10.2. The van der Waals surface area contributed by atoms with E-state index in [2.05, 4.69) is 20.6 Å². The van der Waals surface area contributed by atoms with Gasteiger partial charge in [-0.25, -0.2) is 9.97 Å². The molecule has 24 heavy (non-hydrogen) atoms. The first kappa shape index (κ1) is 16.4. The average molecular weight is 360 g/mol. The van der Waals surface area contributed by atoms with Gasteiger partial charge < -0.3 is 16.4 Å². The summed E-state index contributed by atoms with van der Waals surface area (Å²) in [5.41, 5.74) is 8.38. The predicted molar refractivity (Wildman–Crippen MR) is 100.0 cm³/mol. The largest absolute Gasteiger partial charge is 0.393 e. The summed E-state index contributed by atoms with van der Waals surface area (Å²) >= 11 is 12.0. The molecule has 4 N–H and O–H groups in total. The van der Waals surface area contributed by atoms with Gasteiger partial charge in [0.2, 0.25) is 0 Å². The molecule has 0 aliphatic rings. The first-order valence-corrected chi connectivity index (χ1v) is 7.99. The van der Waals surface area contributed by atoms with Crippen LogP contribution in [0.1, 0.15) is 5.56 Å². The topological polar surface area (TPSA) is 75.9 Å². The molecule has 7 heteroatoms. The summed E-state index contributed by atoms with van der Waals surface area (Å²) in [7, 11) is 0. The molecule has 5 nitrogen and oxygen atoms in total. The maximum atomic E-state index is 6.15. The lowest BCUT2D eigenvalue weighted by Crippen LogP contribution is -2.08. The van der Waals surface area contributed by atoms with Crippen LogP contribution in [0.5, 0.6) is 0 Å². The van der Waals surface area contributed by atoms with Crippen molar-refractivity contribution >= 4 is 46.2 Å². The van der Waals surface area contributed by atoms with Gasteiger partial charge in [0.1, 0.15) is 12.0 Å². The van der Waals surface area contributed by atoms with E-state index in [9.17, 15) is 0 Å². The number of nitrogens with one attached hydrogen (secondary N) is 2. The number of aromatic nitrogens is 2. The molecule has 2 aromatic carbocycles. The SMILES string of the molecule is Nc1c(NCc2ccccc2Cl)ncnc1Nc1ccc(Cl)cc1. The molecule has 0 amide bonds. The number of hydrogen-bond acceptors (Lipinski definition) is 5. The van der Waals surface area contributed by atoms with Crippen molar-refractivity contribution in [2.45, 2.75) is 6.54 Å². The van der Waals surface area contributed by atoms with Gasteiger partial charge in [-0.15, -0.1) is 0 Å². The molecule has 3 aromatic rings. The first-order valence-electron chi connectivity index (χ1n) is 7.24. The van der Waals surface area contributed by atoms with Crippen molar-refractivity contribution in [1.29, 1.82) is 0 Å². The van der Waals surface area contributed by atoms with Gasteiger partial charge in [-0.3, -0.25) is 0 Å². The lowest BCUT2D eigenvalue weighted by molar-refractivity contribution is 1.09. The number of nitrogens with zero attached hydrogens (tertiary/aromatic N) is 2. The van der Waals surface area contributed by atoms with Crippen LogP contribution in [0, 0.1) is 0 Å². The molecule has 0 unspecified atom stereocenters. The van der Waals surface area contributed by atoms with E-state index in [-0.39, 0.29) is 0 Å². The minimum Gasteiger partial charge on any atom is -0.393 e. The second kappa shape index (κ2) is 7.38. The molecule has 0 aliphatic carbocycles. The zero-order valence-electron chi connectivity index (χ0n) is 12.6. The fourth-order valence-corrected chi connectivity index (χ4v) is 2.46. The van der Waals surface area contributed by atoms with Crippen molar-refractivity contribution < 1.29 is 0 Å². The molecule has 1 heterocycles.